The summed E-state index contributed by atoms with van der Waals surface area (Å²) < 4.78 is 0. The van der Waals surface area contributed by atoms with Gasteiger partial charge in [0.05, 0.1) is 0 Å². The van der Waals surface area contributed by atoms with Crippen molar-refractivity contribution in [3.05, 3.63) is 139 Å². The monoisotopic (exact) mass is 584 g/mol. The van der Waals surface area contributed by atoms with Crippen molar-refractivity contribution in [2.75, 3.05) is 4.90 Å². The predicted molar refractivity (Wildman–Crippen MR) is 178 cm³/mol. The second-order valence-electron chi connectivity index (χ2n) is 9.72. The number of carboxylic acid groups (broad SMARTS) is 1. The van der Waals surface area contributed by atoms with Crippen LogP contribution in [0.4, 0.5) is 17.1 Å². The minimum Gasteiger partial charge on any atom is -0.477 e. The molecule has 0 aliphatic rings. The molecule has 2 aromatic heterocycles. The van der Waals surface area contributed by atoms with Crippen LogP contribution in [0.25, 0.3) is 30.4 Å². The van der Waals surface area contributed by atoms with Gasteiger partial charge in [-0.2, -0.15) is 5.26 Å². The molecule has 0 saturated heterocycles. The van der Waals surface area contributed by atoms with Gasteiger partial charge in [0.15, 0.2) is 0 Å². The molecule has 0 atom stereocenters. The molecule has 0 spiro atoms. The van der Waals surface area contributed by atoms with Gasteiger partial charge in [0, 0.05) is 36.6 Å². The van der Waals surface area contributed by atoms with Crippen LogP contribution in [-0.4, -0.2) is 11.1 Å². The zero-order chi connectivity index (χ0) is 29.5. The van der Waals surface area contributed by atoms with Crippen molar-refractivity contribution in [1.82, 2.24) is 0 Å². The van der Waals surface area contributed by atoms with Gasteiger partial charge in [-0.15, -0.1) is 22.7 Å². The van der Waals surface area contributed by atoms with E-state index in [4.69, 9.17) is 10.4 Å². The summed E-state index contributed by atoms with van der Waals surface area (Å²) in [5.74, 6) is -1.22. The van der Waals surface area contributed by atoms with E-state index in [1.54, 1.807) is 17.4 Å². The summed E-state index contributed by atoms with van der Waals surface area (Å²) in [7, 11) is 0. The maximum atomic E-state index is 11.1. The van der Waals surface area contributed by atoms with Crippen molar-refractivity contribution in [1.29, 1.82) is 5.26 Å². The molecule has 5 aromatic rings. The Morgan fingerprint density at radius 3 is 1.50 bits per heavy atom. The fourth-order valence-electron chi connectivity index (χ4n) is 4.28. The van der Waals surface area contributed by atoms with E-state index >= 15 is 0 Å². The number of aliphatic carboxylic acids is 1. The minimum absolute atomic E-state index is 0.272. The van der Waals surface area contributed by atoms with Crippen molar-refractivity contribution < 1.29 is 9.90 Å². The lowest BCUT2D eigenvalue weighted by Gasteiger charge is -2.25. The number of carboxylic acids is 1. The van der Waals surface area contributed by atoms with Gasteiger partial charge < -0.3 is 10.0 Å². The molecule has 0 bridgehead atoms. The van der Waals surface area contributed by atoms with Gasteiger partial charge in [-0.25, -0.2) is 4.79 Å². The Morgan fingerprint density at radius 2 is 1.05 bits per heavy atom. The molecule has 0 aliphatic heterocycles. The van der Waals surface area contributed by atoms with Gasteiger partial charge in [-0.05, 0) is 104 Å². The van der Waals surface area contributed by atoms with Crippen LogP contribution in [0.1, 0.15) is 36.2 Å². The lowest BCUT2D eigenvalue weighted by atomic mass is 10.1. The largest absolute Gasteiger partial charge is 0.477 e. The molecule has 3 aromatic carbocycles. The zero-order valence-electron chi connectivity index (χ0n) is 23.2. The molecule has 6 heteroatoms. The molecule has 5 rings (SSSR count). The number of nitrogens with zero attached hydrogens (tertiary/aromatic N) is 2. The van der Waals surface area contributed by atoms with E-state index in [2.05, 4.69) is 116 Å². The summed E-state index contributed by atoms with van der Waals surface area (Å²) in [6.07, 6.45) is 9.69. The molecule has 4 nitrogen and oxygen atoms in total. The van der Waals surface area contributed by atoms with E-state index < -0.39 is 5.97 Å². The number of anilines is 3. The van der Waals surface area contributed by atoms with Crippen molar-refractivity contribution in [2.45, 2.75) is 13.8 Å². The highest BCUT2D eigenvalue weighted by Gasteiger charge is 2.12. The minimum atomic E-state index is -1.22. The van der Waals surface area contributed by atoms with Crippen molar-refractivity contribution in [2.24, 2.45) is 0 Å². The van der Waals surface area contributed by atoms with E-state index in [0.717, 1.165) is 42.1 Å². The normalized spacial score (nSPS) is 11.7. The van der Waals surface area contributed by atoms with Crippen LogP contribution in [0.3, 0.4) is 0 Å². The average molecular weight is 585 g/mol. The molecule has 206 valence electrons. The third kappa shape index (κ3) is 7.21. The number of rotatable bonds is 9. The fraction of sp³-hybridized carbons (Fsp3) is 0.0556. The first kappa shape index (κ1) is 28.6. The molecule has 0 amide bonds. The summed E-state index contributed by atoms with van der Waals surface area (Å²) in [5, 5.41) is 18.0. The van der Waals surface area contributed by atoms with E-state index in [1.165, 1.54) is 28.5 Å². The van der Waals surface area contributed by atoms with Crippen LogP contribution in [-0.2, 0) is 4.79 Å². The molecular weight excluding hydrogens is 557 g/mol. The van der Waals surface area contributed by atoms with Crippen LogP contribution in [0, 0.1) is 25.2 Å². The van der Waals surface area contributed by atoms with Gasteiger partial charge >= 0.3 is 5.97 Å². The van der Waals surface area contributed by atoms with Crippen molar-refractivity contribution in [3.8, 4) is 6.07 Å². The summed E-state index contributed by atoms with van der Waals surface area (Å²) in [6.45, 7) is 4.20. The van der Waals surface area contributed by atoms with E-state index in [-0.39, 0.29) is 5.57 Å². The standard InChI is InChI=1S/C36H28N2O2S2/c1-25-3-10-29(11-4-25)38(30-12-5-26(2)6-13-30)31-14-7-27(8-15-31)9-16-32-17-18-33(41-32)19-20-34-21-22-35(42-34)23-28(24-37)36(39)40/h3-23H,1-2H3,(H,39,40)/b16-9+,20-19+,28-23-. The van der Waals surface area contributed by atoms with E-state index in [9.17, 15) is 4.79 Å². The maximum absolute atomic E-state index is 11.1. The van der Waals surface area contributed by atoms with Gasteiger partial charge in [0.25, 0.3) is 0 Å². The Kier molecular flexibility index (Phi) is 8.93. The lowest BCUT2D eigenvalue weighted by molar-refractivity contribution is -0.132. The molecule has 0 saturated carbocycles. The highest BCUT2D eigenvalue weighted by Crippen LogP contribution is 2.35. The predicted octanol–water partition coefficient (Wildman–Crippen LogP) is 10.2. The topological polar surface area (TPSA) is 64.3 Å². The molecular formula is C36H28N2O2S2. The quantitative estimate of drug-likeness (QED) is 0.138. The number of hydrogen-bond donors (Lipinski definition) is 1. The molecule has 0 radical (unpaired) electrons. The zero-order valence-corrected chi connectivity index (χ0v) is 24.8. The lowest BCUT2D eigenvalue weighted by Crippen LogP contribution is -2.09. The van der Waals surface area contributed by atoms with Crippen LogP contribution in [0.2, 0.25) is 0 Å². The average Bonchev–Trinajstić information content (AvgIpc) is 3.65. The Bertz CT molecular complexity index is 1770. The Labute approximate surface area is 254 Å². The smallest absolute Gasteiger partial charge is 0.346 e. The van der Waals surface area contributed by atoms with Crippen LogP contribution in [0.15, 0.2) is 103 Å². The second kappa shape index (κ2) is 13.1. The third-order valence-electron chi connectivity index (χ3n) is 6.52. The van der Waals surface area contributed by atoms with Crippen LogP contribution in [0.5, 0.6) is 0 Å². The van der Waals surface area contributed by atoms with E-state index in [1.807, 2.05) is 24.3 Å². The highest BCUT2D eigenvalue weighted by molar-refractivity contribution is 7.14. The molecule has 0 unspecified atom stereocenters. The van der Waals surface area contributed by atoms with Gasteiger partial charge in [-0.1, -0.05) is 53.6 Å². The van der Waals surface area contributed by atoms with E-state index in [0.29, 0.717) is 0 Å². The molecule has 0 fully saturated rings. The molecule has 2 heterocycles. The SMILES string of the molecule is Cc1ccc(N(c2ccc(C)cc2)c2ccc(/C=C/c3ccc(/C=C/c4ccc(/C=C(/C#N)C(=O)O)s4)s3)cc2)cc1. The number of hydrogen-bond acceptors (Lipinski definition) is 5. The first-order chi connectivity index (χ1) is 20.4. The van der Waals surface area contributed by atoms with Crippen molar-refractivity contribution >= 4 is 76.1 Å². The third-order valence-corrected chi connectivity index (χ3v) is 8.53. The number of benzene rings is 3. The molecule has 42 heavy (non-hydrogen) atoms. The Balaban J connectivity index is 1.28. The van der Waals surface area contributed by atoms with Gasteiger partial charge in [0.2, 0.25) is 0 Å². The first-order valence-corrected chi connectivity index (χ1v) is 15.0. The number of thiophene rings is 2. The number of carbonyl (C=O) groups is 1. The van der Waals surface area contributed by atoms with Crippen molar-refractivity contribution in [3.63, 3.8) is 0 Å². The summed E-state index contributed by atoms with van der Waals surface area (Å²) >= 11 is 3.13. The van der Waals surface area contributed by atoms with Gasteiger partial charge in [0.1, 0.15) is 11.6 Å². The second-order valence-corrected chi connectivity index (χ2v) is 12.0. The van der Waals surface area contributed by atoms with Crippen LogP contribution >= 0.6 is 22.7 Å². The van der Waals surface area contributed by atoms with Gasteiger partial charge in [-0.3, -0.25) is 0 Å². The molecule has 1 N–H and O–H groups in total. The highest BCUT2D eigenvalue weighted by atomic mass is 32.1. The Hall–Kier alpha value is -4.96. The molecule has 0 aliphatic carbocycles. The number of nitriles is 1. The fourth-order valence-corrected chi connectivity index (χ4v) is 5.95. The Morgan fingerprint density at radius 1 is 0.643 bits per heavy atom. The maximum Gasteiger partial charge on any atom is 0.346 e. The van der Waals surface area contributed by atoms with Crippen LogP contribution < -0.4 is 4.90 Å². The summed E-state index contributed by atoms with van der Waals surface area (Å²) in [5.41, 5.74) is 6.65. The first-order valence-electron chi connectivity index (χ1n) is 13.3. The summed E-state index contributed by atoms with van der Waals surface area (Å²) in [4.78, 5) is 17.3. The number of aryl methyl sites for hydroxylation is 2. The summed E-state index contributed by atoms with van der Waals surface area (Å²) in [6, 6.07) is 35.4.